The van der Waals surface area contributed by atoms with E-state index >= 15 is 0 Å². The van der Waals surface area contributed by atoms with Crippen LogP contribution in [-0.4, -0.2) is 0 Å². The predicted octanol–water partition coefficient (Wildman–Crippen LogP) is 9.70. The molecule has 0 saturated heterocycles. The number of allylic oxidation sites excluding steroid dienone is 2. The summed E-state index contributed by atoms with van der Waals surface area (Å²) in [7, 11) is 0. The fraction of sp³-hybridized carbons (Fsp3) is 0.548. The summed E-state index contributed by atoms with van der Waals surface area (Å²) in [5.74, 6) is -1.73. The van der Waals surface area contributed by atoms with Crippen LogP contribution in [0.3, 0.4) is 0 Å². The summed E-state index contributed by atoms with van der Waals surface area (Å²) in [5, 5.41) is 0. The maximum Gasteiger partial charge on any atom is 0.166 e. The summed E-state index contributed by atoms with van der Waals surface area (Å²) in [6, 6.07) is 6.96. The average molecular weight is 487 g/mol. The number of rotatable bonds is 8. The van der Waals surface area contributed by atoms with E-state index in [0.717, 1.165) is 63.4 Å². The summed E-state index contributed by atoms with van der Waals surface area (Å²) in [6.07, 6.45) is 12.4. The maximum absolute atomic E-state index is 14.9. The van der Waals surface area contributed by atoms with Crippen LogP contribution in [0.5, 0.6) is 0 Å². The molecule has 0 bridgehead atoms. The number of hydrogen-bond acceptors (Lipinski definition) is 0. The maximum atomic E-state index is 14.9. The zero-order chi connectivity index (χ0) is 24.9. The second-order valence-electron chi connectivity index (χ2n) is 10.6. The first kappa shape index (κ1) is 26.0. The second kappa shape index (κ2) is 11.8. The van der Waals surface area contributed by atoms with Crippen molar-refractivity contribution in [3.63, 3.8) is 0 Å². The van der Waals surface area contributed by atoms with E-state index in [1.165, 1.54) is 6.42 Å². The van der Waals surface area contributed by atoms with Crippen molar-refractivity contribution in [2.75, 3.05) is 0 Å². The van der Waals surface area contributed by atoms with Gasteiger partial charge in [-0.2, -0.15) is 0 Å². The predicted molar refractivity (Wildman–Crippen MR) is 135 cm³/mol. The van der Waals surface area contributed by atoms with Crippen LogP contribution in [0.15, 0.2) is 30.3 Å². The van der Waals surface area contributed by atoms with Crippen molar-refractivity contribution in [2.24, 2.45) is 11.8 Å². The number of benzene rings is 2. The van der Waals surface area contributed by atoms with Crippen LogP contribution >= 0.6 is 0 Å². The molecule has 2 aromatic carbocycles. The van der Waals surface area contributed by atoms with Crippen LogP contribution in [0.4, 0.5) is 17.6 Å². The van der Waals surface area contributed by atoms with Gasteiger partial charge in [-0.25, -0.2) is 17.6 Å². The third kappa shape index (κ3) is 5.84. The van der Waals surface area contributed by atoms with Gasteiger partial charge in [0.05, 0.1) is 0 Å². The van der Waals surface area contributed by atoms with Gasteiger partial charge in [0, 0.05) is 5.56 Å². The van der Waals surface area contributed by atoms with Crippen LogP contribution in [-0.2, 0) is 12.8 Å². The Kier molecular flexibility index (Phi) is 8.73. The Morgan fingerprint density at radius 3 is 2.09 bits per heavy atom. The minimum atomic E-state index is -0.710. The third-order valence-electron chi connectivity index (χ3n) is 8.41. The molecule has 0 aliphatic heterocycles. The summed E-state index contributed by atoms with van der Waals surface area (Å²) < 4.78 is 58.6. The molecular weight excluding hydrogens is 448 g/mol. The largest absolute Gasteiger partial charge is 0.203 e. The molecule has 1 atom stereocenters. The molecule has 35 heavy (non-hydrogen) atoms. The Balaban J connectivity index is 1.33. The van der Waals surface area contributed by atoms with Crippen molar-refractivity contribution in [3.05, 3.63) is 75.9 Å². The Morgan fingerprint density at radius 1 is 0.714 bits per heavy atom. The first-order valence-electron chi connectivity index (χ1n) is 13.6. The molecule has 0 radical (unpaired) electrons. The SMILES string of the molecule is CCCC1CC=C(c2ccc(CCC3CCC(c4ccc(CC)c(F)c4F)CC3)c(F)c2F)CC1. The molecule has 4 heteroatoms. The Bertz CT molecular complexity index is 1050. The fourth-order valence-corrected chi connectivity index (χ4v) is 6.15. The van der Waals surface area contributed by atoms with Gasteiger partial charge in [0.2, 0.25) is 0 Å². The summed E-state index contributed by atoms with van der Waals surface area (Å²) in [5.41, 5.74) is 2.71. The summed E-state index contributed by atoms with van der Waals surface area (Å²) in [6.45, 7) is 4.01. The van der Waals surface area contributed by atoms with E-state index in [2.05, 4.69) is 13.0 Å². The minimum absolute atomic E-state index is 0.0285. The minimum Gasteiger partial charge on any atom is -0.203 e. The lowest BCUT2D eigenvalue weighted by Crippen LogP contribution is -2.16. The molecule has 0 nitrogen and oxygen atoms in total. The molecule has 2 aliphatic rings. The smallest absolute Gasteiger partial charge is 0.166 e. The second-order valence-corrected chi connectivity index (χ2v) is 10.6. The van der Waals surface area contributed by atoms with Crippen molar-refractivity contribution in [3.8, 4) is 0 Å². The quantitative estimate of drug-likeness (QED) is 0.326. The van der Waals surface area contributed by atoms with Gasteiger partial charge < -0.3 is 0 Å². The molecule has 1 saturated carbocycles. The lowest BCUT2D eigenvalue weighted by Gasteiger charge is -2.29. The van der Waals surface area contributed by atoms with Crippen LogP contribution < -0.4 is 0 Å². The standard InChI is InChI=1S/C31H38F4/c1-3-5-20-6-11-23(12-7-20)27-19-17-25(29(33)31(27)35)15-10-21-8-13-24(14-9-21)26-18-16-22(4-2)28(32)30(26)34/h11,16-21,24H,3-10,12-15H2,1-2H3. The van der Waals surface area contributed by atoms with Crippen molar-refractivity contribution in [2.45, 2.75) is 96.8 Å². The first-order chi connectivity index (χ1) is 16.9. The molecule has 0 aromatic heterocycles. The monoisotopic (exact) mass is 486 g/mol. The highest BCUT2D eigenvalue weighted by atomic mass is 19.2. The molecule has 4 rings (SSSR count). The summed E-state index contributed by atoms with van der Waals surface area (Å²) in [4.78, 5) is 0. The lowest BCUT2D eigenvalue weighted by molar-refractivity contribution is 0.303. The van der Waals surface area contributed by atoms with Gasteiger partial charge in [-0.05, 0) is 104 Å². The zero-order valence-electron chi connectivity index (χ0n) is 21.1. The van der Waals surface area contributed by atoms with E-state index in [1.807, 2.05) is 6.92 Å². The Hall–Kier alpha value is -2.10. The molecule has 1 fully saturated rings. The van der Waals surface area contributed by atoms with E-state index < -0.39 is 23.3 Å². The van der Waals surface area contributed by atoms with Crippen LogP contribution in [0.2, 0.25) is 0 Å². The molecule has 0 heterocycles. The number of hydrogen-bond donors (Lipinski definition) is 0. The Morgan fingerprint density at radius 2 is 1.43 bits per heavy atom. The van der Waals surface area contributed by atoms with E-state index in [-0.39, 0.29) is 5.92 Å². The Labute approximate surface area is 207 Å². The van der Waals surface area contributed by atoms with E-state index in [1.54, 1.807) is 24.3 Å². The zero-order valence-corrected chi connectivity index (χ0v) is 21.1. The highest BCUT2D eigenvalue weighted by Crippen LogP contribution is 2.40. The number of halogens is 4. The van der Waals surface area contributed by atoms with E-state index in [4.69, 9.17) is 0 Å². The van der Waals surface area contributed by atoms with Gasteiger partial charge in [-0.3, -0.25) is 0 Å². The lowest BCUT2D eigenvalue weighted by atomic mass is 9.76. The normalized spacial score (nSPS) is 22.8. The van der Waals surface area contributed by atoms with Gasteiger partial charge in [0.15, 0.2) is 23.3 Å². The van der Waals surface area contributed by atoms with Crippen LogP contribution in [0.1, 0.15) is 106 Å². The molecule has 0 amide bonds. The fourth-order valence-electron chi connectivity index (χ4n) is 6.15. The van der Waals surface area contributed by atoms with E-state index in [9.17, 15) is 17.6 Å². The molecule has 0 N–H and O–H groups in total. The number of aryl methyl sites for hydroxylation is 2. The van der Waals surface area contributed by atoms with Gasteiger partial charge >= 0.3 is 0 Å². The van der Waals surface area contributed by atoms with Crippen LogP contribution in [0.25, 0.3) is 5.57 Å². The molecule has 2 aliphatic carbocycles. The van der Waals surface area contributed by atoms with Crippen LogP contribution in [0, 0.1) is 35.1 Å². The van der Waals surface area contributed by atoms with Gasteiger partial charge in [-0.15, -0.1) is 0 Å². The average Bonchev–Trinajstić information content (AvgIpc) is 2.88. The molecular formula is C31H38F4. The highest BCUT2D eigenvalue weighted by molar-refractivity contribution is 5.67. The van der Waals surface area contributed by atoms with E-state index in [0.29, 0.717) is 46.9 Å². The van der Waals surface area contributed by atoms with Crippen molar-refractivity contribution >= 4 is 5.57 Å². The highest BCUT2D eigenvalue weighted by Gasteiger charge is 2.27. The molecule has 190 valence electrons. The molecule has 0 spiro atoms. The van der Waals surface area contributed by atoms with Gasteiger partial charge in [0.1, 0.15) is 0 Å². The van der Waals surface area contributed by atoms with Gasteiger partial charge in [-0.1, -0.05) is 57.0 Å². The van der Waals surface area contributed by atoms with Crippen molar-refractivity contribution < 1.29 is 17.6 Å². The molecule has 2 aromatic rings. The van der Waals surface area contributed by atoms with Crippen molar-refractivity contribution in [1.29, 1.82) is 0 Å². The van der Waals surface area contributed by atoms with Gasteiger partial charge in [0.25, 0.3) is 0 Å². The first-order valence-corrected chi connectivity index (χ1v) is 13.6. The van der Waals surface area contributed by atoms with Crippen molar-refractivity contribution in [1.82, 2.24) is 0 Å². The molecule has 1 unspecified atom stereocenters. The third-order valence-corrected chi connectivity index (χ3v) is 8.41. The summed E-state index contributed by atoms with van der Waals surface area (Å²) >= 11 is 0. The topological polar surface area (TPSA) is 0 Å².